The Morgan fingerprint density at radius 2 is 1.67 bits per heavy atom. The van der Waals surface area contributed by atoms with Crippen molar-refractivity contribution in [1.82, 2.24) is 15.3 Å². The molecule has 4 rings (SSSR count). The van der Waals surface area contributed by atoms with Gasteiger partial charge in [-0.1, -0.05) is 60.7 Å². The van der Waals surface area contributed by atoms with E-state index in [1.807, 2.05) is 36.4 Å². The van der Waals surface area contributed by atoms with Crippen LogP contribution in [-0.4, -0.2) is 36.3 Å². The zero-order valence-corrected chi connectivity index (χ0v) is 16.7. The molecule has 3 aromatic rings. The molecule has 1 N–H and O–H groups in total. The topological polar surface area (TPSA) is 73.3 Å². The molecule has 2 aromatic carbocycles. The molecule has 6 nitrogen and oxygen atoms in total. The fourth-order valence-electron chi connectivity index (χ4n) is 3.64. The summed E-state index contributed by atoms with van der Waals surface area (Å²) in [6.07, 6.45) is 7.49. The molecule has 30 heavy (non-hydrogen) atoms. The second-order valence-electron chi connectivity index (χ2n) is 6.95. The van der Waals surface area contributed by atoms with Crippen LogP contribution in [0.1, 0.15) is 29.0 Å². The Morgan fingerprint density at radius 1 is 1.03 bits per heavy atom. The van der Waals surface area contributed by atoms with Gasteiger partial charge < -0.3 is 14.8 Å². The first-order chi connectivity index (χ1) is 14.8. The van der Waals surface area contributed by atoms with Crippen LogP contribution < -0.4 is 10.1 Å². The van der Waals surface area contributed by atoms with Crippen LogP contribution in [0.2, 0.25) is 0 Å². The van der Waals surface area contributed by atoms with Gasteiger partial charge in [0.25, 0.3) is 0 Å². The summed E-state index contributed by atoms with van der Waals surface area (Å²) in [4.78, 5) is 20.2. The molecule has 1 aromatic heterocycles. The van der Waals surface area contributed by atoms with Crippen LogP contribution in [-0.2, 0) is 4.74 Å². The zero-order valence-electron chi connectivity index (χ0n) is 16.7. The minimum atomic E-state index is -0.405. The molecule has 0 saturated heterocycles. The van der Waals surface area contributed by atoms with Gasteiger partial charge in [0.05, 0.1) is 7.11 Å². The molecule has 6 heteroatoms. The lowest BCUT2D eigenvalue weighted by Gasteiger charge is -2.14. The van der Waals surface area contributed by atoms with Gasteiger partial charge in [-0.05, 0) is 28.7 Å². The molecule has 0 spiro atoms. The third-order valence-electron chi connectivity index (χ3n) is 5.07. The summed E-state index contributed by atoms with van der Waals surface area (Å²) in [7, 11) is 1.53. The van der Waals surface area contributed by atoms with Gasteiger partial charge >= 0.3 is 12.1 Å². The highest BCUT2D eigenvalue weighted by molar-refractivity contribution is 5.79. The summed E-state index contributed by atoms with van der Waals surface area (Å²) in [5.74, 6) is 0.0677. The normalized spacial score (nSPS) is 12.4. The van der Waals surface area contributed by atoms with Crippen molar-refractivity contribution in [2.75, 3.05) is 20.3 Å². The molecule has 152 valence electrons. The van der Waals surface area contributed by atoms with Gasteiger partial charge in [0.1, 0.15) is 6.61 Å². The largest absolute Gasteiger partial charge is 0.467 e. The number of fused-ring (bicyclic) bond motifs is 3. The molecule has 0 atom stereocenters. The highest BCUT2D eigenvalue weighted by Gasteiger charge is 2.28. The molecule has 0 radical (unpaired) electrons. The highest BCUT2D eigenvalue weighted by Crippen LogP contribution is 2.44. The molecule has 0 aliphatic heterocycles. The summed E-state index contributed by atoms with van der Waals surface area (Å²) in [6.45, 7) is 0.809. The molecule has 0 saturated carbocycles. The number of alkyl carbamates (subject to hydrolysis) is 1. The number of aromatic nitrogens is 2. The molecule has 0 bridgehead atoms. The number of ether oxygens (including phenoxy) is 2. The number of carbonyl (C=O) groups excluding carboxylic acids is 1. The molecular formula is C24H23N3O3. The Kier molecular flexibility index (Phi) is 6.03. The maximum atomic E-state index is 12.1. The number of rotatable bonds is 7. The second kappa shape index (κ2) is 9.22. The van der Waals surface area contributed by atoms with E-state index in [0.717, 1.165) is 5.56 Å². The quantitative estimate of drug-likeness (QED) is 0.593. The minimum absolute atomic E-state index is 0.0677. The SMILES string of the molecule is COc1ncc(C=CCCNC(=O)OCC2c3ccccc3-c3ccccc32)cn1. The van der Waals surface area contributed by atoms with E-state index in [9.17, 15) is 4.79 Å². The van der Waals surface area contributed by atoms with Crippen LogP contribution in [0, 0.1) is 0 Å². The van der Waals surface area contributed by atoms with Crippen molar-refractivity contribution in [3.63, 3.8) is 0 Å². The number of methoxy groups -OCH3 is 1. The zero-order chi connectivity index (χ0) is 20.8. The van der Waals surface area contributed by atoms with Crippen molar-refractivity contribution in [3.8, 4) is 17.1 Å². The summed E-state index contributed by atoms with van der Waals surface area (Å²) >= 11 is 0. The van der Waals surface area contributed by atoms with Crippen molar-refractivity contribution < 1.29 is 14.3 Å². The van der Waals surface area contributed by atoms with Crippen LogP contribution in [0.4, 0.5) is 4.79 Å². The number of nitrogens with zero attached hydrogens (tertiary/aromatic N) is 2. The smallest absolute Gasteiger partial charge is 0.407 e. The minimum Gasteiger partial charge on any atom is -0.467 e. The van der Waals surface area contributed by atoms with E-state index in [-0.39, 0.29) is 5.92 Å². The molecule has 1 amide bonds. The lowest BCUT2D eigenvalue weighted by atomic mass is 9.98. The average molecular weight is 401 g/mol. The first kappa shape index (κ1) is 19.6. The van der Waals surface area contributed by atoms with Gasteiger partial charge in [-0.2, -0.15) is 0 Å². The van der Waals surface area contributed by atoms with Crippen molar-refractivity contribution in [1.29, 1.82) is 0 Å². The second-order valence-corrected chi connectivity index (χ2v) is 6.95. The van der Waals surface area contributed by atoms with Crippen molar-refractivity contribution in [3.05, 3.63) is 83.7 Å². The van der Waals surface area contributed by atoms with Gasteiger partial charge in [0.15, 0.2) is 0 Å². The van der Waals surface area contributed by atoms with Crippen LogP contribution in [0.15, 0.2) is 67.0 Å². The predicted molar refractivity (Wildman–Crippen MR) is 115 cm³/mol. The summed E-state index contributed by atoms with van der Waals surface area (Å²) in [5.41, 5.74) is 5.72. The van der Waals surface area contributed by atoms with Crippen LogP contribution >= 0.6 is 0 Å². The summed E-state index contributed by atoms with van der Waals surface area (Å²) in [5, 5.41) is 2.80. The van der Waals surface area contributed by atoms with E-state index in [2.05, 4.69) is 39.6 Å². The fraction of sp³-hybridized carbons (Fsp3) is 0.208. The summed E-state index contributed by atoms with van der Waals surface area (Å²) in [6, 6.07) is 16.9. The highest BCUT2D eigenvalue weighted by atomic mass is 16.5. The molecular weight excluding hydrogens is 378 g/mol. The number of benzene rings is 2. The predicted octanol–water partition coefficient (Wildman–Crippen LogP) is 4.43. The Morgan fingerprint density at radius 3 is 2.30 bits per heavy atom. The standard InChI is InChI=1S/C24H23N3O3/c1-29-23-26-14-17(15-27-23)8-6-7-13-25-24(28)30-16-22-20-11-4-2-9-18(20)19-10-3-5-12-21(19)22/h2-6,8-12,14-15,22H,7,13,16H2,1H3,(H,25,28). The lowest BCUT2D eigenvalue weighted by molar-refractivity contribution is 0.143. The van der Waals surface area contributed by atoms with E-state index in [4.69, 9.17) is 9.47 Å². The number of nitrogens with one attached hydrogen (secondary N) is 1. The fourth-order valence-corrected chi connectivity index (χ4v) is 3.64. The van der Waals surface area contributed by atoms with Crippen molar-refractivity contribution in [2.45, 2.75) is 12.3 Å². The monoisotopic (exact) mass is 401 g/mol. The maximum Gasteiger partial charge on any atom is 0.407 e. The Balaban J connectivity index is 1.26. The third-order valence-corrected chi connectivity index (χ3v) is 5.07. The molecule has 1 aliphatic rings. The Bertz CT molecular complexity index is 1000. The Labute approximate surface area is 175 Å². The van der Waals surface area contributed by atoms with E-state index in [1.165, 1.54) is 29.4 Å². The van der Waals surface area contributed by atoms with E-state index < -0.39 is 6.09 Å². The number of hydrogen-bond acceptors (Lipinski definition) is 5. The van der Waals surface area contributed by atoms with Gasteiger partial charge in [-0.25, -0.2) is 14.8 Å². The Hall–Kier alpha value is -3.67. The van der Waals surface area contributed by atoms with Gasteiger partial charge in [0.2, 0.25) is 0 Å². The number of hydrogen-bond donors (Lipinski definition) is 1. The van der Waals surface area contributed by atoms with Gasteiger partial charge in [0, 0.05) is 30.4 Å². The first-order valence-electron chi connectivity index (χ1n) is 9.87. The van der Waals surface area contributed by atoms with Crippen LogP contribution in [0.5, 0.6) is 6.01 Å². The molecule has 1 heterocycles. The van der Waals surface area contributed by atoms with Crippen LogP contribution in [0.3, 0.4) is 0 Å². The lowest BCUT2D eigenvalue weighted by Crippen LogP contribution is -2.26. The van der Waals surface area contributed by atoms with Gasteiger partial charge in [-0.15, -0.1) is 0 Å². The van der Waals surface area contributed by atoms with Crippen molar-refractivity contribution in [2.24, 2.45) is 0 Å². The maximum absolute atomic E-state index is 12.1. The molecule has 0 unspecified atom stereocenters. The van der Waals surface area contributed by atoms with E-state index in [0.29, 0.717) is 25.6 Å². The number of amides is 1. The van der Waals surface area contributed by atoms with E-state index in [1.54, 1.807) is 12.4 Å². The summed E-state index contributed by atoms with van der Waals surface area (Å²) < 4.78 is 10.5. The average Bonchev–Trinajstić information content (AvgIpc) is 3.12. The first-order valence-corrected chi connectivity index (χ1v) is 9.87. The van der Waals surface area contributed by atoms with Gasteiger partial charge in [-0.3, -0.25) is 0 Å². The number of carbonyl (C=O) groups is 1. The van der Waals surface area contributed by atoms with Crippen LogP contribution in [0.25, 0.3) is 17.2 Å². The third kappa shape index (κ3) is 4.33. The van der Waals surface area contributed by atoms with Crippen molar-refractivity contribution >= 4 is 12.2 Å². The van der Waals surface area contributed by atoms with E-state index >= 15 is 0 Å². The molecule has 1 aliphatic carbocycles. The molecule has 0 fully saturated rings.